The van der Waals surface area contributed by atoms with Crippen LogP contribution in [-0.2, 0) is 6.61 Å². The maximum absolute atomic E-state index is 12.2. The number of aliphatic hydroxyl groups is 1. The van der Waals surface area contributed by atoms with Crippen LogP contribution in [0.25, 0.3) is 10.8 Å². The zero-order valence-electron chi connectivity index (χ0n) is 8.66. The second kappa shape index (κ2) is 4.25. The molecule has 0 radical (unpaired) electrons. The van der Waals surface area contributed by atoms with E-state index in [9.17, 15) is 13.2 Å². The smallest absolute Gasteiger partial charge is 0.405 e. The van der Waals surface area contributed by atoms with Crippen molar-refractivity contribution in [1.29, 1.82) is 0 Å². The minimum atomic E-state index is -4.74. The molecule has 0 unspecified atom stereocenters. The van der Waals surface area contributed by atoms with E-state index in [1.807, 2.05) is 0 Å². The molecule has 0 saturated heterocycles. The standard InChI is InChI=1S/C12H9F3O2/c13-12(14,15)17-10-6-2-4-8-3-1-5-9(7-16)11(8)10/h1-6,16H,7H2. The summed E-state index contributed by atoms with van der Waals surface area (Å²) in [4.78, 5) is 0. The highest BCUT2D eigenvalue weighted by molar-refractivity contribution is 5.91. The van der Waals surface area contributed by atoms with Crippen LogP contribution < -0.4 is 4.74 Å². The molecule has 0 bridgehead atoms. The Morgan fingerprint density at radius 2 is 1.71 bits per heavy atom. The van der Waals surface area contributed by atoms with Crippen molar-refractivity contribution in [2.45, 2.75) is 13.0 Å². The summed E-state index contributed by atoms with van der Waals surface area (Å²) in [6.07, 6.45) is -4.74. The van der Waals surface area contributed by atoms with Gasteiger partial charge in [-0.05, 0) is 17.0 Å². The van der Waals surface area contributed by atoms with Crippen LogP contribution in [0.4, 0.5) is 13.2 Å². The van der Waals surface area contributed by atoms with Crippen molar-refractivity contribution in [3.05, 3.63) is 42.0 Å². The summed E-state index contributed by atoms with van der Waals surface area (Å²) in [5, 5.41) is 10.0. The zero-order valence-corrected chi connectivity index (χ0v) is 8.66. The normalized spacial score (nSPS) is 11.8. The van der Waals surface area contributed by atoms with Crippen molar-refractivity contribution < 1.29 is 23.0 Å². The quantitative estimate of drug-likeness (QED) is 0.876. The fourth-order valence-electron chi connectivity index (χ4n) is 1.72. The monoisotopic (exact) mass is 242 g/mol. The number of hydrogen-bond acceptors (Lipinski definition) is 2. The molecule has 0 aliphatic carbocycles. The molecule has 2 aromatic rings. The van der Waals surface area contributed by atoms with Crippen molar-refractivity contribution >= 4 is 10.8 Å². The highest BCUT2D eigenvalue weighted by atomic mass is 19.4. The first-order chi connectivity index (χ1) is 8.01. The Kier molecular flexibility index (Phi) is 2.93. The molecular formula is C12H9F3O2. The topological polar surface area (TPSA) is 29.5 Å². The van der Waals surface area contributed by atoms with Gasteiger partial charge in [0.15, 0.2) is 0 Å². The van der Waals surface area contributed by atoms with Crippen LogP contribution >= 0.6 is 0 Å². The fraction of sp³-hybridized carbons (Fsp3) is 0.167. The van der Waals surface area contributed by atoms with Gasteiger partial charge in [0.1, 0.15) is 5.75 Å². The number of fused-ring (bicyclic) bond motifs is 1. The van der Waals surface area contributed by atoms with E-state index in [-0.39, 0.29) is 17.7 Å². The second-order valence-corrected chi connectivity index (χ2v) is 3.48. The van der Waals surface area contributed by atoms with Crippen LogP contribution in [0.5, 0.6) is 5.75 Å². The lowest BCUT2D eigenvalue weighted by Gasteiger charge is -2.13. The number of rotatable bonds is 2. The third kappa shape index (κ3) is 2.50. The van der Waals surface area contributed by atoms with Crippen LogP contribution in [0.15, 0.2) is 36.4 Å². The SMILES string of the molecule is OCc1cccc2cccc(OC(F)(F)F)c12. The molecule has 2 aromatic carbocycles. The molecule has 0 fully saturated rings. The predicted molar refractivity (Wildman–Crippen MR) is 56.6 cm³/mol. The van der Waals surface area contributed by atoms with E-state index in [1.54, 1.807) is 24.3 Å². The Bertz CT molecular complexity index is 530. The van der Waals surface area contributed by atoms with Gasteiger partial charge in [-0.15, -0.1) is 13.2 Å². The summed E-state index contributed by atoms with van der Waals surface area (Å²) in [6.45, 7) is -0.338. The first kappa shape index (κ1) is 11.7. The molecule has 17 heavy (non-hydrogen) atoms. The lowest BCUT2D eigenvalue weighted by Crippen LogP contribution is -2.17. The minimum absolute atomic E-state index is 0.287. The summed E-state index contributed by atoms with van der Waals surface area (Å²) < 4.78 is 40.6. The highest BCUT2D eigenvalue weighted by Gasteiger charge is 2.32. The fourth-order valence-corrected chi connectivity index (χ4v) is 1.72. The van der Waals surface area contributed by atoms with Crippen molar-refractivity contribution in [1.82, 2.24) is 0 Å². The van der Waals surface area contributed by atoms with Gasteiger partial charge in [-0.1, -0.05) is 30.3 Å². The molecule has 90 valence electrons. The summed E-state index contributed by atoms with van der Waals surface area (Å²) in [5.74, 6) is -0.292. The Labute approximate surface area is 95.2 Å². The van der Waals surface area contributed by atoms with Gasteiger partial charge in [-0.25, -0.2) is 0 Å². The van der Waals surface area contributed by atoms with E-state index in [1.165, 1.54) is 12.1 Å². The molecule has 0 aliphatic heterocycles. The molecule has 0 heterocycles. The van der Waals surface area contributed by atoms with Crippen molar-refractivity contribution in [3.63, 3.8) is 0 Å². The molecule has 0 atom stereocenters. The van der Waals surface area contributed by atoms with Gasteiger partial charge >= 0.3 is 6.36 Å². The molecule has 0 spiro atoms. The van der Waals surface area contributed by atoms with Crippen LogP contribution in [-0.4, -0.2) is 11.5 Å². The molecule has 0 aliphatic rings. The summed E-state index contributed by atoms with van der Waals surface area (Å²) in [7, 11) is 0. The maximum atomic E-state index is 12.2. The molecule has 0 aromatic heterocycles. The summed E-state index contributed by atoms with van der Waals surface area (Å²) >= 11 is 0. The van der Waals surface area contributed by atoms with Gasteiger partial charge in [-0.3, -0.25) is 0 Å². The minimum Gasteiger partial charge on any atom is -0.405 e. The summed E-state index contributed by atoms with van der Waals surface area (Å²) in [5.41, 5.74) is 0.405. The average molecular weight is 242 g/mol. The Hall–Kier alpha value is -1.75. The average Bonchev–Trinajstić information content (AvgIpc) is 2.26. The molecule has 2 rings (SSSR count). The van der Waals surface area contributed by atoms with Gasteiger partial charge in [0.05, 0.1) is 6.61 Å². The predicted octanol–water partition coefficient (Wildman–Crippen LogP) is 3.23. The van der Waals surface area contributed by atoms with Crippen LogP contribution in [0, 0.1) is 0 Å². The maximum Gasteiger partial charge on any atom is 0.573 e. The molecule has 0 amide bonds. The van der Waals surface area contributed by atoms with Gasteiger partial charge < -0.3 is 9.84 Å². The zero-order chi connectivity index (χ0) is 12.5. The molecule has 0 saturated carbocycles. The van der Waals surface area contributed by atoms with Gasteiger partial charge in [0, 0.05) is 5.39 Å². The lowest BCUT2D eigenvalue weighted by molar-refractivity contribution is -0.274. The van der Waals surface area contributed by atoms with Crippen LogP contribution in [0.2, 0.25) is 0 Å². The highest BCUT2D eigenvalue weighted by Crippen LogP contribution is 2.32. The number of alkyl halides is 3. The van der Waals surface area contributed by atoms with Crippen LogP contribution in [0.3, 0.4) is 0 Å². The second-order valence-electron chi connectivity index (χ2n) is 3.48. The first-order valence-corrected chi connectivity index (χ1v) is 4.88. The summed E-state index contributed by atoms with van der Waals surface area (Å²) in [6, 6.07) is 9.27. The number of halogens is 3. The van der Waals surface area contributed by atoms with Crippen LogP contribution in [0.1, 0.15) is 5.56 Å². The number of benzene rings is 2. The van der Waals surface area contributed by atoms with Gasteiger partial charge in [0.25, 0.3) is 0 Å². The van der Waals surface area contributed by atoms with Crippen molar-refractivity contribution in [2.75, 3.05) is 0 Å². The lowest BCUT2D eigenvalue weighted by atomic mass is 10.0. The Balaban J connectivity index is 2.62. The van der Waals surface area contributed by atoms with E-state index in [4.69, 9.17) is 5.11 Å². The van der Waals surface area contributed by atoms with E-state index in [2.05, 4.69) is 4.74 Å². The van der Waals surface area contributed by atoms with Crippen molar-refractivity contribution in [2.24, 2.45) is 0 Å². The molecule has 5 heteroatoms. The molecular weight excluding hydrogens is 233 g/mol. The molecule has 1 N–H and O–H groups in total. The van der Waals surface area contributed by atoms with Crippen molar-refractivity contribution in [3.8, 4) is 5.75 Å². The first-order valence-electron chi connectivity index (χ1n) is 4.88. The van der Waals surface area contributed by atoms with E-state index >= 15 is 0 Å². The van der Waals surface area contributed by atoms with E-state index < -0.39 is 6.36 Å². The Morgan fingerprint density at radius 1 is 1.06 bits per heavy atom. The largest absolute Gasteiger partial charge is 0.573 e. The van der Waals surface area contributed by atoms with Gasteiger partial charge in [0.2, 0.25) is 0 Å². The number of aliphatic hydroxyl groups excluding tert-OH is 1. The Morgan fingerprint density at radius 3 is 2.29 bits per heavy atom. The third-order valence-electron chi connectivity index (χ3n) is 2.35. The third-order valence-corrected chi connectivity index (χ3v) is 2.35. The van der Waals surface area contributed by atoms with E-state index in [0.717, 1.165) is 0 Å². The number of ether oxygens (including phenoxy) is 1. The van der Waals surface area contributed by atoms with Gasteiger partial charge in [-0.2, -0.15) is 0 Å². The van der Waals surface area contributed by atoms with E-state index in [0.29, 0.717) is 10.9 Å². The molecule has 2 nitrogen and oxygen atoms in total. The number of hydrogen-bond donors (Lipinski definition) is 1.